The fourth-order valence-corrected chi connectivity index (χ4v) is 3.73. The van der Waals surface area contributed by atoms with Crippen LogP contribution in [0.1, 0.15) is 27.3 Å². The van der Waals surface area contributed by atoms with Crippen molar-refractivity contribution in [3.05, 3.63) is 46.5 Å². The summed E-state index contributed by atoms with van der Waals surface area (Å²) in [6, 6.07) is 5.04. The van der Waals surface area contributed by atoms with Crippen molar-refractivity contribution in [3.8, 4) is 5.75 Å². The van der Waals surface area contributed by atoms with Crippen LogP contribution in [-0.2, 0) is 19.5 Å². The molecule has 1 amide bonds. The van der Waals surface area contributed by atoms with Crippen molar-refractivity contribution in [3.63, 3.8) is 0 Å². The zero-order valence-corrected chi connectivity index (χ0v) is 16.6. The molecular weight excluding hydrogens is 385 g/mol. The van der Waals surface area contributed by atoms with E-state index in [2.05, 4.69) is 20.4 Å². The number of hydrogen-bond donors (Lipinski definition) is 2. The van der Waals surface area contributed by atoms with E-state index in [1.54, 1.807) is 6.07 Å². The molecule has 1 saturated heterocycles. The smallest absolute Gasteiger partial charge is 0.274 e. The van der Waals surface area contributed by atoms with Crippen molar-refractivity contribution in [1.82, 2.24) is 25.3 Å². The van der Waals surface area contributed by atoms with Gasteiger partial charge in [-0.05, 0) is 17.7 Å². The Labute approximate surface area is 169 Å². The maximum absolute atomic E-state index is 13.9. The van der Waals surface area contributed by atoms with Gasteiger partial charge < -0.3 is 15.0 Å². The number of carbonyl (C=O) groups excluding carboxylic acids is 1. The van der Waals surface area contributed by atoms with Crippen LogP contribution in [-0.4, -0.2) is 65.7 Å². The molecule has 2 aliphatic rings. The molecule has 0 bridgehead atoms. The third-order valence-electron chi connectivity index (χ3n) is 5.29. The molecule has 0 aliphatic carbocycles. The molecule has 28 heavy (non-hydrogen) atoms. The maximum Gasteiger partial charge on any atom is 0.274 e. The summed E-state index contributed by atoms with van der Waals surface area (Å²) in [7, 11) is 1.46. The zero-order chi connectivity index (χ0) is 18.8. The number of methoxy groups -OCH3 is 1. The molecule has 0 spiro atoms. The van der Waals surface area contributed by atoms with Gasteiger partial charge in [-0.3, -0.25) is 14.8 Å². The van der Waals surface area contributed by atoms with Crippen LogP contribution in [0.4, 0.5) is 4.39 Å². The van der Waals surface area contributed by atoms with E-state index >= 15 is 0 Å². The third kappa shape index (κ3) is 4.14. The lowest BCUT2D eigenvalue weighted by Gasteiger charge is -2.34. The number of piperazine rings is 1. The Balaban J connectivity index is 0.00000225. The molecule has 1 aromatic carbocycles. The Kier molecular flexibility index (Phi) is 6.53. The second-order valence-electron chi connectivity index (χ2n) is 6.99. The zero-order valence-electron chi connectivity index (χ0n) is 15.8. The van der Waals surface area contributed by atoms with Gasteiger partial charge in [0.15, 0.2) is 17.3 Å². The van der Waals surface area contributed by atoms with E-state index in [-0.39, 0.29) is 29.9 Å². The molecule has 4 rings (SSSR count). The predicted octanol–water partition coefficient (Wildman–Crippen LogP) is 1.58. The number of carbonyl (C=O) groups is 1. The van der Waals surface area contributed by atoms with Gasteiger partial charge in [0.1, 0.15) is 0 Å². The highest BCUT2D eigenvalue weighted by Crippen LogP contribution is 2.20. The van der Waals surface area contributed by atoms with Gasteiger partial charge in [0.2, 0.25) is 0 Å². The topological polar surface area (TPSA) is 73.5 Å². The van der Waals surface area contributed by atoms with Crippen molar-refractivity contribution < 1.29 is 13.9 Å². The quantitative estimate of drug-likeness (QED) is 0.802. The number of benzene rings is 1. The highest BCUT2D eigenvalue weighted by atomic mass is 35.5. The SMILES string of the molecule is COc1ccc(CN2CCN(C(=O)c3n[nH]c4c3CNCC4)CC2)cc1F.Cl. The number of amides is 1. The summed E-state index contributed by atoms with van der Waals surface area (Å²) >= 11 is 0. The summed E-state index contributed by atoms with van der Waals surface area (Å²) in [5.74, 6) is -0.0990. The largest absolute Gasteiger partial charge is 0.494 e. The predicted molar refractivity (Wildman–Crippen MR) is 105 cm³/mol. The number of fused-ring (bicyclic) bond motifs is 1. The molecule has 7 nitrogen and oxygen atoms in total. The van der Waals surface area contributed by atoms with Crippen LogP contribution in [0.3, 0.4) is 0 Å². The van der Waals surface area contributed by atoms with Crippen molar-refractivity contribution in [2.75, 3.05) is 39.8 Å². The average Bonchev–Trinajstić information content (AvgIpc) is 3.12. The minimum atomic E-state index is -0.347. The fraction of sp³-hybridized carbons (Fsp3) is 0.474. The van der Waals surface area contributed by atoms with Gasteiger partial charge in [-0.2, -0.15) is 5.10 Å². The molecule has 1 aromatic heterocycles. The molecule has 0 unspecified atom stereocenters. The lowest BCUT2D eigenvalue weighted by molar-refractivity contribution is 0.0621. The van der Waals surface area contributed by atoms with Crippen LogP contribution in [0.25, 0.3) is 0 Å². The van der Waals surface area contributed by atoms with E-state index in [4.69, 9.17) is 4.74 Å². The van der Waals surface area contributed by atoms with Crippen molar-refractivity contribution >= 4 is 18.3 Å². The lowest BCUT2D eigenvalue weighted by atomic mass is 10.1. The number of rotatable bonds is 4. The molecule has 2 aliphatic heterocycles. The monoisotopic (exact) mass is 409 g/mol. The Morgan fingerprint density at radius 2 is 2.07 bits per heavy atom. The summed E-state index contributed by atoms with van der Waals surface area (Å²) < 4.78 is 18.8. The molecule has 0 saturated carbocycles. The number of ether oxygens (including phenoxy) is 1. The molecule has 2 aromatic rings. The van der Waals surface area contributed by atoms with Gasteiger partial charge in [-0.1, -0.05) is 6.07 Å². The van der Waals surface area contributed by atoms with Gasteiger partial charge >= 0.3 is 0 Å². The van der Waals surface area contributed by atoms with E-state index in [1.807, 2.05) is 11.0 Å². The first-order chi connectivity index (χ1) is 13.2. The molecule has 1 fully saturated rings. The first-order valence-electron chi connectivity index (χ1n) is 9.26. The van der Waals surface area contributed by atoms with Gasteiger partial charge in [-0.15, -0.1) is 12.4 Å². The molecule has 3 heterocycles. The standard InChI is InChI=1S/C19H24FN5O2.ClH/c1-27-17-3-2-13(10-15(17)20)12-24-6-8-25(9-7-24)19(26)18-14-11-21-5-4-16(14)22-23-18;/h2-3,10,21H,4-9,11-12H2,1H3,(H,22,23);1H. The molecule has 2 N–H and O–H groups in total. The van der Waals surface area contributed by atoms with Crippen LogP contribution in [0.5, 0.6) is 5.75 Å². The minimum absolute atomic E-state index is 0. The van der Waals surface area contributed by atoms with E-state index in [9.17, 15) is 9.18 Å². The first-order valence-corrected chi connectivity index (χ1v) is 9.26. The Morgan fingerprint density at radius 3 is 2.79 bits per heavy atom. The van der Waals surface area contributed by atoms with Crippen molar-refractivity contribution in [2.24, 2.45) is 0 Å². The molecular formula is C19H25ClFN5O2. The summed E-state index contributed by atoms with van der Waals surface area (Å²) in [6.07, 6.45) is 0.877. The van der Waals surface area contributed by atoms with E-state index < -0.39 is 0 Å². The molecule has 9 heteroatoms. The molecule has 152 valence electrons. The number of nitrogens with one attached hydrogen (secondary N) is 2. The lowest BCUT2D eigenvalue weighted by Crippen LogP contribution is -2.48. The summed E-state index contributed by atoms with van der Waals surface area (Å²) in [6.45, 7) is 5.06. The number of halogens is 2. The van der Waals surface area contributed by atoms with Crippen LogP contribution >= 0.6 is 12.4 Å². The highest BCUT2D eigenvalue weighted by molar-refractivity contribution is 5.94. The van der Waals surface area contributed by atoms with E-state index in [0.29, 0.717) is 31.9 Å². The normalized spacial score (nSPS) is 17.0. The number of aromatic nitrogens is 2. The Hall–Kier alpha value is -2.16. The third-order valence-corrected chi connectivity index (χ3v) is 5.29. The van der Waals surface area contributed by atoms with Crippen LogP contribution in [0.2, 0.25) is 0 Å². The molecule has 0 radical (unpaired) electrons. The van der Waals surface area contributed by atoms with E-state index in [1.165, 1.54) is 13.2 Å². The average molecular weight is 410 g/mol. The van der Waals surface area contributed by atoms with E-state index in [0.717, 1.165) is 42.9 Å². The second kappa shape index (κ2) is 8.89. The number of aromatic amines is 1. The van der Waals surface area contributed by atoms with Crippen molar-refractivity contribution in [1.29, 1.82) is 0 Å². The fourth-order valence-electron chi connectivity index (χ4n) is 3.73. The summed E-state index contributed by atoms with van der Waals surface area (Å²) in [5.41, 5.74) is 3.52. The molecule has 0 atom stereocenters. The number of H-pyrrole nitrogens is 1. The van der Waals surface area contributed by atoms with Crippen LogP contribution in [0.15, 0.2) is 18.2 Å². The van der Waals surface area contributed by atoms with Gasteiger partial charge in [0, 0.05) is 63.5 Å². The second-order valence-corrected chi connectivity index (χ2v) is 6.99. The van der Waals surface area contributed by atoms with Crippen molar-refractivity contribution in [2.45, 2.75) is 19.5 Å². The number of nitrogens with zero attached hydrogens (tertiary/aromatic N) is 3. The Bertz CT molecular complexity index is 836. The maximum atomic E-state index is 13.9. The van der Waals surface area contributed by atoms with Crippen LogP contribution in [0, 0.1) is 5.82 Å². The first kappa shape index (κ1) is 20.6. The summed E-state index contributed by atoms with van der Waals surface area (Å²) in [4.78, 5) is 16.9. The Morgan fingerprint density at radius 1 is 1.29 bits per heavy atom. The van der Waals surface area contributed by atoms with Gasteiger partial charge in [0.25, 0.3) is 5.91 Å². The highest BCUT2D eigenvalue weighted by Gasteiger charge is 2.28. The summed E-state index contributed by atoms with van der Waals surface area (Å²) in [5, 5.41) is 10.6. The van der Waals surface area contributed by atoms with Gasteiger partial charge in [0.05, 0.1) is 7.11 Å². The van der Waals surface area contributed by atoms with Crippen LogP contribution < -0.4 is 10.1 Å². The van der Waals surface area contributed by atoms with Gasteiger partial charge in [-0.25, -0.2) is 4.39 Å². The number of hydrogen-bond acceptors (Lipinski definition) is 5. The minimum Gasteiger partial charge on any atom is -0.494 e.